The summed E-state index contributed by atoms with van der Waals surface area (Å²) in [6, 6.07) is 4.09. The van der Waals surface area contributed by atoms with E-state index in [4.69, 9.17) is 9.84 Å². The molecule has 142 valence electrons. The predicted molar refractivity (Wildman–Crippen MR) is 94.5 cm³/mol. The third-order valence-electron chi connectivity index (χ3n) is 3.95. The molecule has 1 aromatic rings. The number of carbonyl (C=O) groups is 2. The minimum Gasteiger partial charge on any atom is -0.465 e. The highest BCUT2D eigenvalue weighted by molar-refractivity contribution is 5.91. The van der Waals surface area contributed by atoms with Crippen molar-refractivity contribution in [1.29, 1.82) is 0 Å². The highest BCUT2D eigenvalue weighted by atomic mass is 16.6. The van der Waals surface area contributed by atoms with Crippen molar-refractivity contribution in [3.05, 3.63) is 33.9 Å². The molecular weight excluding hydrogens is 342 g/mol. The first kappa shape index (κ1) is 19.5. The molecule has 9 heteroatoms. The van der Waals surface area contributed by atoms with E-state index >= 15 is 0 Å². The van der Waals surface area contributed by atoms with Crippen molar-refractivity contribution in [3.8, 4) is 0 Å². The Balaban J connectivity index is 2.13. The Morgan fingerprint density at radius 3 is 2.42 bits per heavy atom. The Bertz CT molecular complexity index is 705. The third-order valence-corrected chi connectivity index (χ3v) is 3.95. The number of amides is 1. The molecule has 0 aromatic heterocycles. The average molecular weight is 365 g/mol. The largest absolute Gasteiger partial charge is 0.465 e. The van der Waals surface area contributed by atoms with Crippen LogP contribution in [0.3, 0.4) is 0 Å². The maximum Gasteiger partial charge on any atom is 0.407 e. The van der Waals surface area contributed by atoms with Gasteiger partial charge in [0.05, 0.1) is 10.5 Å². The van der Waals surface area contributed by atoms with Gasteiger partial charge in [-0.3, -0.25) is 10.1 Å². The monoisotopic (exact) mass is 365 g/mol. The zero-order chi connectivity index (χ0) is 19.5. The van der Waals surface area contributed by atoms with Crippen LogP contribution in [-0.2, 0) is 4.74 Å². The fourth-order valence-electron chi connectivity index (χ4n) is 2.70. The van der Waals surface area contributed by atoms with Crippen LogP contribution in [0.2, 0.25) is 0 Å². The van der Waals surface area contributed by atoms with Crippen molar-refractivity contribution in [3.63, 3.8) is 0 Å². The van der Waals surface area contributed by atoms with E-state index in [0.29, 0.717) is 31.6 Å². The van der Waals surface area contributed by atoms with Crippen molar-refractivity contribution < 1.29 is 24.4 Å². The lowest BCUT2D eigenvalue weighted by molar-refractivity contribution is -0.384. The number of nitrogens with one attached hydrogen (secondary N) is 1. The van der Waals surface area contributed by atoms with Crippen molar-refractivity contribution in [1.82, 2.24) is 4.90 Å². The molecule has 1 aromatic carbocycles. The SMILES string of the molecule is CC(C)(C)OC(=O)c1ccc(NC2CCN(C(=O)O)CC2)c([N+](=O)[O-])c1. The Morgan fingerprint density at radius 1 is 1.31 bits per heavy atom. The van der Waals surface area contributed by atoms with Crippen LogP contribution in [0.25, 0.3) is 0 Å². The molecule has 1 saturated heterocycles. The molecule has 1 aliphatic rings. The summed E-state index contributed by atoms with van der Waals surface area (Å²) in [6.45, 7) is 5.91. The number of likely N-dealkylation sites (tertiary alicyclic amines) is 1. The highest BCUT2D eigenvalue weighted by Crippen LogP contribution is 2.29. The number of anilines is 1. The minimum absolute atomic E-state index is 0.0725. The number of nitrogens with zero attached hydrogens (tertiary/aromatic N) is 2. The van der Waals surface area contributed by atoms with E-state index in [-0.39, 0.29) is 17.3 Å². The Hall–Kier alpha value is -2.84. The van der Waals surface area contributed by atoms with Crippen LogP contribution < -0.4 is 5.32 Å². The first-order chi connectivity index (χ1) is 12.1. The molecule has 0 radical (unpaired) electrons. The van der Waals surface area contributed by atoms with Gasteiger partial charge in [-0.15, -0.1) is 0 Å². The number of nitro groups is 1. The summed E-state index contributed by atoms with van der Waals surface area (Å²) in [7, 11) is 0. The lowest BCUT2D eigenvalue weighted by atomic mass is 10.0. The quantitative estimate of drug-likeness (QED) is 0.477. The molecule has 0 spiro atoms. The Labute approximate surface area is 151 Å². The normalized spacial score (nSPS) is 15.4. The van der Waals surface area contributed by atoms with Crippen LogP contribution >= 0.6 is 0 Å². The first-order valence-electron chi connectivity index (χ1n) is 8.33. The third kappa shape index (κ3) is 5.08. The lowest BCUT2D eigenvalue weighted by Crippen LogP contribution is -2.41. The van der Waals surface area contributed by atoms with Gasteiger partial charge < -0.3 is 20.1 Å². The number of hydrogen-bond donors (Lipinski definition) is 2. The van der Waals surface area contributed by atoms with Gasteiger partial charge in [-0.25, -0.2) is 9.59 Å². The molecule has 0 bridgehead atoms. The first-order valence-corrected chi connectivity index (χ1v) is 8.33. The van der Waals surface area contributed by atoms with Gasteiger partial charge in [-0.2, -0.15) is 0 Å². The fourth-order valence-corrected chi connectivity index (χ4v) is 2.70. The molecule has 1 fully saturated rings. The molecule has 0 saturated carbocycles. The highest BCUT2D eigenvalue weighted by Gasteiger charge is 2.26. The maximum atomic E-state index is 12.1. The molecule has 0 atom stereocenters. The van der Waals surface area contributed by atoms with Crippen LogP contribution in [0, 0.1) is 10.1 Å². The summed E-state index contributed by atoms with van der Waals surface area (Å²) in [5, 5.41) is 23.5. The molecule has 1 aliphatic heterocycles. The van der Waals surface area contributed by atoms with Gasteiger partial charge >= 0.3 is 12.1 Å². The molecule has 1 heterocycles. The van der Waals surface area contributed by atoms with Crippen LogP contribution in [-0.4, -0.2) is 51.7 Å². The van der Waals surface area contributed by atoms with Crippen LogP contribution in [0.4, 0.5) is 16.2 Å². The molecule has 1 amide bonds. The standard InChI is InChI=1S/C17H23N3O6/c1-17(2,3)26-15(21)11-4-5-13(14(10-11)20(24)25)18-12-6-8-19(9-7-12)16(22)23/h4-5,10,12,18H,6-9H2,1-3H3,(H,22,23). The lowest BCUT2D eigenvalue weighted by Gasteiger charge is -2.30. The number of ether oxygens (including phenoxy) is 1. The zero-order valence-electron chi connectivity index (χ0n) is 15.0. The summed E-state index contributed by atoms with van der Waals surface area (Å²) in [4.78, 5) is 35.2. The molecule has 26 heavy (non-hydrogen) atoms. The smallest absolute Gasteiger partial charge is 0.407 e. The van der Waals surface area contributed by atoms with Crippen LogP contribution in [0.5, 0.6) is 0 Å². The van der Waals surface area contributed by atoms with Crippen molar-refractivity contribution >= 4 is 23.4 Å². The van der Waals surface area contributed by atoms with Crippen molar-refractivity contribution in [2.45, 2.75) is 45.3 Å². The number of esters is 1. The average Bonchev–Trinajstić information content (AvgIpc) is 2.53. The van der Waals surface area contributed by atoms with E-state index < -0.39 is 22.6 Å². The van der Waals surface area contributed by atoms with Gasteiger partial charge in [0.25, 0.3) is 5.69 Å². The van der Waals surface area contributed by atoms with E-state index in [1.807, 2.05) is 0 Å². The summed E-state index contributed by atoms with van der Waals surface area (Å²) < 4.78 is 5.24. The number of piperidine rings is 1. The van der Waals surface area contributed by atoms with E-state index in [0.717, 1.165) is 0 Å². The van der Waals surface area contributed by atoms with E-state index in [1.165, 1.54) is 23.1 Å². The second kappa shape index (κ2) is 7.59. The second-order valence-corrected chi connectivity index (χ2v) is 7.18. The van der Waals surface area contributed by atoms with Crippen molar-refractivity contribution in [2.75, 3.05) is 18.4 Å². The number of benzene rings is 1. The molecule has 0 aliphatic carbocycles. The number of carboxylic acid groups (broad SMARTS) is 1. The van der Waals surface area contributed by atoms with Gasteiger partial charge in [0.1, 0.15) is 11.3 Å². The van der Waals surface area contributed by atoms with Gasteiger partial charge in [0, 0.05) is 25.2 Å². The zero-order valence-corrected chi connectivity index (χ0v) is 15.0. The molecule has 2 N–H and O–H groups in total. The molecular formula is C17H23N3O6. The van der Waals surface area contributed by atoms with E-state index in [9.17, 15) is 19.7 Å². The Kier molecular flexibility index (Phi) is 5.69. The Morgan fingerprint density at radius 2 is 1.92 bits per heavy atom. The summed E-state index contributed by atoms with van der Waals surface area (Å²) in [5.41, 5.74) is -0.496. The molecule has 2 rings (SSSR count). The molecule has 9 nitrogen and oxygen atoms in total. The van der Waals surface area contributed by atoms with E-state index in [2.05, 4.69) is 5.32 Å². The number of hydrogen-bond acceptors (Lipinski definition) is 6. The second-order valence-electron chi connectivity index (χ2n) is 7.18. The van der Waals surface area contributed by atoms with Gasteiger partial charge in [0.15, 0.2) is 0 Å². The van der Waals surface area contributed by atoms with Gasteiger partial charge in [-0.05, 0) is 45.7 Å². The summed E-state index contributed by atoms with van der Waals surface area (Å²) in [6.07, 6.45) is 0.144. The number of rotatable bonds is 4. The van der Waals surface area contributed by atoms with Gasteiger partial charge in [0.2, 0.25) is 0 Å². The van der Waals surface area contributed by atoms with Crippen LogP contribution in [0.15, 0.2) is 18.2 Å². The summed E-state index contributed by atoms with van der Waals surface area (Å²) >= 11 is 0. The maximum absolute atomic E-state index is 12.1. The number of carbonyl (C=O) groups excluding carboxylic acids is 1. The fraction of sp³-hybridized carbons (Fsp3) is 0.529. The predicted octanol–water partition coefficient (Wildman–Crippen LogP) is 3.10. The van der Waals surface area contributed by atoms with Crippen LogP contribution in [0.1, 0.15) is 44.0 Å². The summed E-state index contributed by atoms with van der Waals surface area (Å²) in [5.74, 6) is -0.623. The number of nitro benzene ring substituents is 1. The topological polar surface area (TPSA) is 122 Å². The minimum atomic E-state index is -0.962. The van der Waals surface area contributed by atoms with Gasteiger partial charge in [-0.1, -0.05) is 0 Å². The van der Waals surface area contributed by atoms with Crippen molar-refractivity contribution in [2.24, 2.45) is 0 Å². The van der Waals surface area contributed by atoms with E-state index in [1.54, 1.807) is 20.8 Å². The molecule has 0 unspecified atom stereocenters.